The van der Waals surface area contributed by atoms with E-state index in [1.54, 1.807) is 6.08 Å². The number of nitrogens with one attached hydrogen (secondary N) is 1. The van der Waals surface area contributed by atoms with E-state index < -0.39 is 5.97 Å². The summed E-state index contributed by atoms with van der Waals surface area (Å²) in [6.07, 6.45) is 2.22. The van der Waals surface area contributed by atoms with E-state index >= 15 is 0 Å². The standard InChI is InChI=1S/C14H19NO3/c1-3-11(14(16)17)9-10-15-12-5-7-13(8-6-12)18-4-2/h5-9,15H,3-4,10H2,1-2H3,(H,16,17)/b11-9-. The smallest absolute Gasteiger partial charge is 0.331 e. The number of rotatable bonds is 7. The molecular formula is C14H19NO3. The highest BCUT2D eigenvalue weighted by Gasteiger charge is 2.02. The van der Waals surface area contributed by atoms with Crippen LogP contribution in [0.15, 0.2) is 35.9 Å². The zero-order chi connectivity index (χ0) is 13.4. The van der Waals surface area contributed by atoms with Crippen LogP contribution in [0.1, 0.15) is 20.3 Å². The third kappa shape index (κ3) is 4.49. The lowest BCUT2D eigenvalue weighted by Gasteiger charge is -2.06. The van der Waals surface area contributed by atoms with Crippen LogP contribution in [0.3, 0.4) is 0 Å². The second-order valence-electron chi connectivity index (χ2n) is 3.73. The predicted molar refractivity (Wildman–Crippen MR) is 72.1 cm³/mol. The Morgan fingerprint density at radius 3 is 2.50 bits per heavy atom. The van der Waals surface area contributed by atoms with Gasteiger partial charge < -0.3 is 15.2 Å². The number of hydrogen-bond acceptors (Lipinski definition) is 3. The van der Waals surface area contributed by atoms with Gasteiger partial charge in [0.1, 0.15) is 5.75 Å². The molecule has 1 aromatic rings. The molecule has 0 bridgehead atoms. The van der Waals surface area contributed by atoms with E-state index in [-0.39, 0.29) is 0 Å². The number of carbonyl (C=O) groups is 1. The summed E-state index contributed by atoms with van der Waals surface area (Å²) in [5.74, 6) is -0.0237. The van der Waals surface area contributed by atoms with E-state index in [4.69, 9.17) is 9.84 Å². The summed E-state index contributed by atoms with van der Waals surface area (Å²) in [7, 11) is 0. The van der Waals surface area contributed by atoms with Crippen molar-refractivity contribution in [2.24, 2.45) is 0 Å². The van der Waals surface area contributed by atoms with Gasteiger partial charge in [-0.3, -0.25) is 0 Å². The molecule has 4 heteroatoms. The molecule has 18 heavy (non-hydrogen) atoms. The number of carboxylic acid groups (broad SMARTS) is 1. The van der Waals surface area contributed by atoms with Gasteiger partial charge in [0.2, 0.25) is 0 Å². The van der Waals surface area contributed by atoms with Gasteiger partial charge in [-0.2, -0.15) is 0 Å². The predicted octanol–water partition coefficient (Wildman–Crippen LogP) is 2.92. The molecule has 0 aliphatic rings. The number of carboxylic acids is 1. The molecule has 1 aromatic carbocycles. The summed E-state index contributed by atoms with van der Waals surface area (Å²) >= 11 is 0. The summed E-state index contributed by atoms with van der Waals surface area (Å²) in [5.41, 5.74) is 1.36. The van der Waals surface area contributed by atoms with Crippen LogP contribution >= 0.6 is 0 Å². The lowest BCUT2D eigenvalue weighted by Crippen LogP contribution is -2.04. The van der Waals surface area contributed by atoms with Crippen molar-refractivity contribution in [3.8, 4) is 5.75 Å². The van der Waals surface area contributed by atoms with E-state index in [0.29, 0.717) is 25.1 Å². The van der Waals surface area contributed by atoms with Gasteiger partial charge in [0.05, 0.1) is 6.61 Å². The number of hydrogen-bond donors (Lipinski definition) is 2. The SMILES string of the molecule is CCOc1ccc(NC/C=C(/CC)C(=O)O)cc1. The molecule has 2 N–H and O–H groups in total. The highest BCUT2D eigenvalue weighted by atomic mass is 16.5. The molecule has 0 fully saturated rings. The maximum Gasteiger partial charge on any atom is 0.331 e. The second kappa shape index (κ2) is 7.37. The summed E-state index contributed by atoms with van der Waals surface area (Å²) in [4.78, 5) is 10.8. The van der Waals surface area contributed by atoms with Crippen molar-refractivity contribution in [2.45, 2.75) is 20.3 Å². The minimum Gasteiger partial charge on any atom is -0.494 e. The minimum absolute atomic E-state index is 0.424. The summed E-state index contributed by atoms with van der Waals surface area (Å²) in [6, 6.07) is 7.58. The van der Waals surface area contributed by atoms with Crippen LogP contribution in [0.25, 0.3) is 0 Å². The Bertz CT molecular complexity index is 410. The average Bonchev–Trinajstić information content (AvgIpc) is 2.36. The van der Waals surface area contributed by atoms with Crippen molar-refractivity contribution in [3.05, 3.63) is 35.9 Å². The number of ether oxygens (including phenoxy) is 1. The quantitative estimate of drug-likeness (QED) is 0.729. The van der Waals surface area contributed by atoms with E-state index in [1.165, 1.54) is 0 Å². The lowest BCUT2D eigenvalue weighted by atomic mass is 10.2. The first-order valence-electron chi connectivity index (χ1n) is 6.06. The zero-order valence-corrected chi connectivity index (χ0v) is 10.8. The van der Waals surface area contributed by atoms with E-state index in [9.17, 15) is 4.79 Å². The first kappa shape index (κ1) is 14.1. The molecule has 1 rings (SSSR count). The fourth-order valence-electron chi connectivity index (χ4n) is 1.51. The van der Waals surface area contributed by atoms with Crippen LogP contribution in [0.2, 0.25) is 0 Å². The summed E-state index contributed by atoms with van der Waals surface area (Å²) in [6.45, 7) is 4.92. The van der Waals surface area contributed by atoms with E-state index in [0.717, 1.165) is 11.4 Å². The van der Waals surface area contributed by atoms with Crippen molar-refractivity contribution < 1.29 is 14.6 Å². The fraction of sp³-hybridized carbons (Fsp3) is 0.357. The van der Waals surface area contributed by atoms with Gasteiger partial charge in [0.25, 0.3) is 0 Å². The van der Waals surface area contributed by atoms with Crippen LogP contribution in [0.5, 0.6) is 5.75 Å². The monoisotopic (exact) mass is 249 g/mol. The van der Waals surface area contributed by atoms with Gasteiger partial charge in [-0.1, -0.05) is 13.0 Å². The molecule has 0 radical (unpaired) electrons. The van der Waals surface area contributed by atoms with Crippen LogP contribution in [-0.4, -0.2) is 24.2 Å². The Balaban J connectivity index is 2.51. The van der Waals surface area contributed by atoms with Crippen LogP contribution in [0.4, 0.5) is 5.69 Å². The summed E-state index contributed by atoms with van der Waals surface area (Å²) in [5, 5.41) is 12.0. The van der Waals surface area contributed by atoms with Crippen molar-refractivity contribution in [1.29, 1.82) is 0 Å². The maximum absolute atomic E-state index is 10.8. The molecule has 0 atom stereocenters. The summed E-state index contributed by atoms with van der Waals surface area (Å²) < 4.78 is 5.33. The van der Waals surface area contributed by atoms with Crippen LogP contribution < -0.4 is 10.1 Å². The maximum atomic E-state index is 10.8. The van der Waals surface area contributed by atoms with Gasteiger partial charge in [-0.25, -0.2) is 4.79 Å². The van der Waals surface area contributed by atoms with Gasteiger partial charge in [0, 0.05) is 17.8 Å². The number of benzene rings is 1. The Morgan fingerprint density at radius 1 is 1.33 bits per heavy atom. The molecule has 0 heterocycles. The van der Waals surface area contributed by atoms with Crippen molar-refractivity contribution >= 4 is 11.7 Å². The first-order chi connectivity index (χ1) is 8.67. The van der Waals surface area contributed by atoms with Gasteiger partial charge >= 0.3 is 5.97 Å². The number of aliphatic carboxylic acids is 1. The molecule has 4 nitrogen and oxygen atoms in total. The Hall–Kier alpha value is -1.97. The lowest BCUT2D eigenvalue weighted by molar-refractivity contribution is -0.132. The number of anilines is 1. The Labute approximate surface area is 107 Å². The Kier molecular flexibility index (Phi) is 5.77. The van der Waals surface area contributed by atoms with E-state index in [1.807, 2.05) is 38.1 Å². The van der Waals surface area contributed by atoms with Gasteiger partial charge in [-0.15, -0.1) is 0 Å². The molecule has 0 unspecified atom stereocenters. The first-order valence-corrected chi connectivity index (χ1v) is 6.06. The molecular weight excluding hydrogens is 230 g/mol. The van der Waals surface area contributed by atoms with Gasteiger partial charge in [-0.05, 0) is 37.6 Å². The molecule has 0 saturated carbocycles. The fourth-order valence-corrected chi connectivity index (χ4v) is 1.51. The van der Waals surface area contributed by atoms with Crippen LogP contribution in [-0.2, 0) is 4.79 Å². The third-order valence-corrected chi connectivity index (χ3v) is 2.48. The normalized spacial score (nSPS) is 11.1. The topological polar surface area (TPSA) is 58.6 Å². The molecule has 0 aliphatic heterocycles. The van der Waals surface area contributed by atoms with Crippen molar-refractivity contribution in [2.75, 3.05) is 18.5 Å². The average molecular weight is 249 g/mol. The largest absolute Gasteiger partial charge is 0.494 e. The highest BCUT2D eigenvalue weighted by molar-refractivity contribution is 5.86. The molecule has 0 aliphatic carbocycles. The zero-order valence-electron chi connectivity index (χ0n) is 10.8. The second-order valence-corrected chi connectivity index (χ2v) is 3.73. The third-order valence-electron chi connectivity index (χ3n) is 2.48. The van der Waals surface area contributed by atoms with Crippen molar-refractivity contribution in [3.63, 3.8) is 0 Å². The van der Waals surface area contributed by atoms with Crippen LogP contribution in [0, 0.1) is 0 Å². The van der Waals surface area contributed by atoms with Gasteiger partial charge in [0.15, 0.2) is 0 Å². The van der Waals surface area contributed by atoms with E-state index in [2.05, 4.69) is 5.32 Å². The molecule has 0 aromatic heterocycles. The molecule has 0 saturated heterocycles. The molecule has 0 amide bonds. The molecule has 98 valence electrons. The van der Waals surface area contributed by atoms with Crippen molar-refractivity contribution in [1.82, 2.24) is 0 Å². The minimum atomic E-state index is -0.856. The highest BCUT2D eigenvalue weighted by Crippen LogP contribution is 2.15. The Morgan fingerprint density at radius 2 is 2.00 bits per heavy atom. The molecule has 0 spiro atoms.